The van der Waals surface area contributed by atoms with Crippen LogP contribution in [0.15, 0.2) is 71.3 Å². The highest BCUT2D eigenvalue weighted by atomic mass is 16.3. The summed E-state index contributed by atoms with van der Waals surface area (Å²) in [4.78, 5) is 42.7. The molecule has 1 fully saturated rings. The van der Waals surface area contributed by atoms with E-state index in [0.717, 1.165) is 11.1 Å². The van der Waals surface area contributed by atoms with Gasteiger partial charge < -0.3 is 19.5 Å². The summed E-state index contributed by atoms with van der Waals surface area (Å²) in [5, 5.41) is 2.91. The summed E-state index contributed by atoms with van der Waals surface area (Å²) in [5.41, 5.74) is 3.05. The maximum absolute atomic E-state index is 13.4. The summed E-state index contributed by atoms with van der Waals surface area (Å²) in [7, 11) is 0. The van der Waals surface area contributed by atoms with Crippen LogP contribution in [0.2, 0.25) is 0 Å². The molecule has 7 heteroatoms. The van der Waals surface area contributed by atoms with Crippen molar-refractivity contribution in [1.82, 2.24) is 9.80 Å². The third-order valence-electron chi connectivity index (χ3n) is 5.98. The number of hydrogen-bond acceptors (Lipinski definition) is 4. The molecule has 1 aromatic heterocycles. The van der Waals surface area contributed by atoms with Crippen LogP contribution in [0, 0.1) is 12.8 Å². The van der Waals surface area contributed by atoms with E-state index in [0.29, 0.717) is 30.1 Å². The van der Waals surface area contributed by atoms with Gasteiger partial charge in [-0.1, -0.05) is 43.7 Å². The van der Waals surface area contributed by atoms with E-state index < -0.39 is 6.04 Å². The first-order valence-corrected chi connectivity index (χ1v) is 11.4. The fraction of sp³-hybridized carbons (Fsp3) is 0.296. The first-order chi connectivity index (χ1) is 16.3. The number of carbonyl (C=O) groups is 3. The molecule has 2 aromatic carbocycles. The summed E-state index contributed by atoms with van der Waals surface area (Å²) >= 11 is 0. The molecule has 1 saturated heterocycles. The van der Waals surface area contributed by atoms with Gasteiger partial charge in [0.15, 0.2) is 0 Å². The molecule has 3 amide bonds. The van der Waals surface area contributed by atoms with Gasteiger partial charge in [-0.25, -0.2) is 0 Å². The average Bonchev–Trinajstić information content (AvgIpc) is 3.39. The Morgan fingerprint density at radius 3 is 2.44 bits per heavy atom. The minimum absolute atomic E-state index is 0.101. The molecule has 0 aliphatic carbocycles. The number of carbonyl (C=O) groups excluding carboxylic acids is 3. The fourth-order valence-corrected chi connectivity index (χ4v) is 4.08. The summed E-state index contributed by atoms with van der Waals surface area (Å²) in [6, 6.07) is 17.6. The number of hydrogen-bond donors (Lipinski definition) is 1. The van der Waals surface area contributed by atoms with Crippen LogP contribution in [0.5, 0.6) is 0 Å². The zero-order valence-corrected chi connectivity index (χ0v) is 19.7. The zero-order chi connectivity index (χ0) is 24.2. The van der Waals surface area contributed by atoms with Crippen LogP contribution in [0.4, 0.5) is 5.69 Å². The molecule has 4 rings (SSSR count). The van der Waals surface area contributed by atoms with Gasteiger partial charge in [-0.05, 0) is 43.3 Å². The van der Waals surface area contributed by atoms with Crippen molar-refractivity contribution in [1.29, 1.82) is 0 Å². The summed E-state index contributed by atoms with van der Waals surface area (Å²) in [6.07, 6.45) is 1.59. The van der Waals surface area contributed by atoms with E-state index in [-0.39, 0.29) is 30.2 Å². The number of benzene rings is 2. The average molecular weight is 460 g/mol. The molecule has 3 aromatic rings. The maximum Gasteiger partial charge on any atom is 0.254 e. The summed E-state index contributed by atoms with van der Waals surface area (Å²) in [5.74, 6) is -0.159. The Morgan fingerprint density at radius 2 is 1.76 bits per heavy atom. The topological polar surface area (TPSA) is 82.9 Å². The lowest BCUT2D eigenvalue weighted by Crippen LogP contribution is -2.61. The van der Waals surface area contributed by atoms with Crippen molar-refractivity contribution in [3.63, 3.8) is 0 Å². The second-order valence-electron chi connectivity index (χ2n) is 8.87. The van der Waals surface area contributed by atoms with Crippen molar-refractivity contribution in [2.75, 3.05) is 25.0 Å². The van der Waals surface area contributed by atoms with Crippen molar-refractivity contribution < 1.29 is 18.8 Å². The van der Waals surface area contributed by atoms with Crippen molar-refractivity contribution >= 4 is 23.4 Å². The smallest absolute Gasteiger partial charge is 0.254 e. The molecule has 34 heavy (non-hydrogen) atoms. The molecular weight excluding hydrogens is 430 g/mol. The quantitative estimate of drug-likeness (QED) is 0.620. The summed E-state index contributed by atoms with van der Waals surface area (Å²) in [6.45, 7) is 6.38. The van der Waals surface area contributed by atoms with E-state index in [4.69, 9.17) is 4.42 Å². The Bertz CT molecular complexity index is 1170. The van der Waals surface area contributed by atoms with Gasteiger partial charge in [0.2, 0.25) is 11.8 Å². The second kappa shape index (κ2) is 9.95. The third kappa shape index (κ3) is 5.03. The molecule has 1 N–H and O–H groups in total. The molecule has 1 aliphatic rings. The molecular formula is C27H29N3O4. The van der Waals surface area contributed by atoms with E-state index in [9.17, 15) is 14.4 Å². The Morgan fingerprint density at radius 1 is 1.00 bits per heavy atom. The number of rotatable bonds is 5. The van der Waals surface area contributed by atoms with Gasteiger partial charge >= 0.3 is 0 Å². The molecule has 1 atom stereocenters. The monoisotopic (exact) mass is 459 g/mol. The largest absolute Gasteiger partial charge is 0.464 e. The summed E-state index contributed by atoms with van der Waals surface area (Å²) < 4.78 is 5.45. The molecule has 0 bridgehead atoms. The van der Waals surface area contributed by atoms with Gasteiger partial charge in [0.05, 0.1) is 12.8 Å². The van der Waals surface area contributed by atoms with E-state index in [1.54, 1.807) is 34.3 Å². The predicted octanol–water partition coefficient (Wildman–Crippen LogP) is 4.20. The fourth-order valence-electron chi connectivity index (χ4n) is 4.08. The Hall–Kier alpha value is -3.87. The molecule has 1 unspecified atom stereocenters. The predicted molar refractivity (Wildman–Crippen MR) is 130 cm³/mol. The number of nitrogens with zero attached hydrogens (tertiary/aromatic N) is 2. The molecule has 0 spiro atoms. The number of anilines is 1. The van der Waals surface area contributed by atoms with Gasteiger partial charge in [0, 0.05) is 35.8 Å². The maximum atomic E-state index is 13.4. The Balaban J connectivity index is 1.55. The zero-order valence-electron chi connectivity index (χ0n) is 19.7. The second-order valence-corrected chi connectivity index (χ2v) is 8.87. The molecule has 176 valence electrons. The van der Waals surface area contributed by atoms with Crippen LogP contribution in [0.25, 0.3) is 11.3 Å². The van der Waals surface area contributed by atoms with Gasteiger partial charge in [-0.15, -0.1) is 0 Å². The molecule has 1 aliphatic heterocycles. The number of piperazine rings is 1. The molecule has 2 heterocycles. The van der Waals surface area contributed by atoms with Crippen LogP contribution < -0.4 is 5.32 Å². The van der Waals surface area contributed by atoms with Crippen molar-refractivity contribution in [2.24, 2.45) is 5.92 Å². The Labute approximate surface area is 199 Å². The lowest BCUT2D eigenvalue weighted by Gasteiger charge is -2.41. The number of nitrogens with one attached hydrogen (secondary N) is 1. The normalized spacial score (nSPS) is 15.9. The van der Waals surface area contributed by atoms with Crippen molar-refractivity contribution in [3.05, 3.63) is 78.1 Å². The van der Waals surface area contributed by atoms with E-state index >= 15 is 0 Å². The number of furan rings is 1. The third-order valence-corrected chi connectivity index (χ3v) is 5.98. The number of aryl methyl sites for hydroxylation is 1. The number of amides is 3. The van der Waals surface area contributed by atoms with E-state index in [2.05, 4.69) is 5.32 Å². The first-order valence-electron chi connectivity index (χ1n) is 11.4. The lowest BCUT2D eigenvalue weighted by molar-refractivity contribution is -0.144. The van der Waals surface area contributed by atoms with Gasteiger partial charge in [0.25, 0.3) is 5.91 Å². The van der Waals surface area contributed by atoms with E-state index in [1.807, 2.05) is 63.2 Å². The van der Waals surface area contributed by atoms with Crippen molar-refractivity contribution in [3.8, 4) is 11.3 Å². The Kier molecular flexibility index (Phi) is 6.82. The highest BCUT2D eigenvalue weighted by Gasteiger charge is 2.38. The van der Waals surface area contributed by atoms with Crippen LogP contribution in [0.1, 0.15) is 29.8 Å². The SMILES string of the molecule is Cc1ccc(NC(=O)C2CN(C(=O)c3cccc(-c4ccco4)c3)CCN2C(=O)C(C)C)cc1. The first kappa shape index (κ1) is 23.3. The van der Waals surface area contributed by atoms with Crippen molar-refractivity contribution in [2.45, 2.75) is 26.8 Å². The highest BCUT2D eigenvalue weighted by Crippen LogP contribution is 2.23. The van der Waals surface area contributed by atoms with Crippen LogP contribution in [-0.4, -0.2) is 53.2 Å². The van der Waals surface area contributed by atoms with Gasteiger partial charge in [-0.2, -0.15) is 0 Å². The molecule has 0 saturated carbocycles. The molecule has 0 radical (unpaired) electrons. The van der Waals surface area contributed by atoms with Crippen LogP contribution >= 0.6 is 0 Å². The minimum Gasteiger partial charge on any atom is -0.464 e. The van der Waals surface area contributed by atoms with Gasteiger partial charge in [0.1, 0.15) is 11.8 Å². The highest BCUT2D eigenvalue weighted by molar-refractivity contribution is 6.00. The minimum atomic E-state index is -0.776. The van der Waals surface area contributed by atoms with E-state index in [1.165, 1.54) is 0 Å². The standard InChI is InChI=1S/C27H29N3O4/c1-18(2)26(32)30-14-13-29(17-23(30)25(31)28-22-11-9-19(3)10-12-22)27(33)21-7-4-6-20(16-21)24-8-5-15-34-24/h4-12,15-16,18,23H,13-14,17H2,1-3H3,(H,28,31). The lowest BCUT2D eigenvalue weighted by atomic mass is 10.0. The van der Waals surface area contributed by atoms with Crippen LogP contribution in [-0.2, 0) is 9.59 Å². The molecule has 7 nitrogen and oxygen atoms in total. The van der Waals surface area contributed by atoms with Crippen LogP contribution in [0.3, 0.4) is 0 Å². The van der Waals surface area contributed by atoms with Gasteiger partial charge in [-0.3, -0.25) is 14.4 Å².